The van der Waals surface area contributed by atoms with Gasteiger partial charge in [0.25, 0.3) is 5.91 Å². The first kappa shape index (κ1) is 14.5. The average Bonchev–Trinajstić information content (AvgIpc) is 2.89. The molecular weight excluding hydrogens is 258 g/mol. The van der Waals surface area contributed by atoms with Gasteiger partial charge in [0.15, 0.2) is 6.10 Å². The summed E-state index contributed by atoms with van der Waals surface area (Å²) in [5, 5.41) is 11.7. The van der Waals surface area contributed by atoms with Crippen LogP contribution in [-0.2, 0) is 14.3 Å². The first-order valence-electron chi connectivity index (χ1n) is 6.77. The lowest BCUT2D eigenvalue weighted by Gasteiger charge is -2.16. The SMILES string of the molecule is CC(C)c1ccccc1NC(=O)C1CCC(C(=O)O)O1. The number of anilines is 1. The molecule has 5 heteroatoms. The number of rotatable bonds is 4. The van der Waals surface area contributed by atoms with E-state index < -0.39 is 18.2 Å². The van der Waals surface area contributed by atoms with Crippen molar-refractivity contribution in [1.82, 2.24) is 0 Å². The summed E-state index contributed by atoms with van der Waals surface area (Å²) in [7, 11) is 0. The third kappa shape index (κ3) is 3.17. The normalized spacial score (nSPS) is 21.9. The zero-order chi connectivity index (χ0) is 14.7. The highest BCUT2D eigenvalue weighted by Gasteiger charge is 2.34. The summed E-state index contributed by atoms with van der Waals surface area (Å²) in [6.45, 7) is 4.11. The number of nitrogens with one attached hydrogen (secondary N) is 1. The number of carboxylic acids is 1. The second-order valence-corrected chi connectivity index (χ2v) is 5.26. The number of carbonyl (C=O) groups excluding carboxylic acids is 1. The van der Waals surface area contributed by atoms with Crippen molar-refractivity contribution in [2.24, 2.45) is 0 Å². The smallest absolute Gasteiger partial charge is 0.332 e. The van der Waals surface area contributed by atoms with Gasteiger partial charge in [-0.15, -0.1) is 0 Å². The van der Waals surface area contributed by atoms with Gasteiger partial charge in [-0.2, -0.15) is 0 Å². The topological polar surface area (TPSA) is 75.6 Å². The molecule has 1 heterocycles. The Morgan fingerprint density at radius 3 is 2.50 bits per heavy atom. The van der Waals surface area contributed by atoms with Crippen molar-refractivity contribution < 1.29 is 19.4 Å². The van der Waals surface area contributed by atoms with Crippen molar-refractivity contribution in [3.8, 4) is 0 Å². The highest BCUT2D eigenvalue weighted by atomic mass is 16.5. The van der Waals surface area contributed by atoms with Gasteiger partial charge in [0, 0.05) is 5.69 Å². The molecular formula is C15H19NO4. The average molecular weight is 277 g/mol. The van der Waals surface area contributed by atoms with Crippen LogP contribution in [0.5, 0.6) is 0 Å². The van der Waals surface area contributed by atoms with E-state index in [1.54, 1.807) is 0 Å². The molecule has 1 aliphatic heterocycles. The number of hydrogen-bond acceptors (Lipinski definition) is 3. The van der Waals surface area contributed by atoms with Crippen molar-refractivity contribution in [3.63, 3.8) is 0 Å². The van der Waals surface area contributed by atoms with E-state index in [1.807, 2.05) is 24.3 Å². The van der Waals surface area contributed by atoms with Gasteiger partial charge in [0.05, 0.1) is 0 Å². The van der Waals surface area contributed by atoms with Gasteiger partial charge in [0.1, 0.15) is 6.10 Å². The molecule has 1 amide bonds. The number of carboxylic acid groups (broad SMARTS) is 1. The van der Waals surface area contributed by atoms with Crippen LogP contribution < -0.4 is 5.32 Å². The van der Waals surface area contributed by atoms with Crippen LogP contribution in [0.4, 0.5) is 5.69 Å². The molecule has 1 saturated heterocycles. The molecule has 1 aromatic carbocycles. The van der Waals surface area contributed by atoms with Crippen molar-refractivity contribution in [3.05, 3.63) is 29.8 Å². The first-order valence-corrected chi connectivity index (χ1v) is 6.77. The van der Waals surface area contributed by atoms with Crippen LogP contribution in [0, 0.1) is 0 Å². The Hall–Kier alpha value is -1.88. The van der Waals surface area contributed by atoms with Gasteiger partial charge in [-0.25, -0.2) is 4.79 Å². The Labute approximate surface area is 117 Å². The summed E-state index contributed by atoms with van der Waals surface area (Å²) in [5.74, 6) is -0.993. The molecule has 20 heavy (non-hydrogen) atoms. The highest BCUT2D eigenvalue weighted by Crippen LogP contribution is 2.26. The lowest BCUT2D eigenvalue weighted by Crippen LogP contribution is -2.30. The fourth-order valence-corrected chi connectivity index (χ4v) is 2.34. The van der Waals surface area contributed by atoms with Crippen LogP contribution >= 0.6 is 0 Å². The minimum atomic E-state index is -1.01. The molecule has 1 aliphatic rings. The van der Waals surface area contributed by atoms with Gasteiger partial charge < -0.3 is 15.2 Å². The van der Waals surface area contributed by atoms with E-state index >= 15 is 0 Å². The number of ether oxygens (including phenoxy) is 1. The largest absolute Gasteiger partial charge is 0.479 e. The van der Waals surface area contributed by atoms with E-state index in [0.29, 0.717) is 18.8 Å². The third-order valence-corrected chi connectivity index (χ3v) is 3.43. The molecule has 0 aliphatic carbocycles. The molecule has 0 aromatic heterocycles. The summed E-state index contributed by atoms with van der Waals surface area (Å²) in [6, 6.07) is 7.60. The lowest BCUT2D eigenvalue weighted by molar-refractivity contribution is -0.150. The summed E-state index contributed by atoms with van der Waals surface area (Å²) in [6.07, 6.45) is -0.742. The Balaban J connectivity index is 2.04. The maximum Gasteiger partial charge on any atom is 0.332 e. The fraction of sp³-hybridized carbons (Fsp3) is 0.467. The molecule has 0 bridgehead atoms. The molecule has 2 rings (SSSR count). The van der Waals surface area contributed by atoms with E-state index in [-0.39, 0.29) is 5.91 Å². The molecule has 2 N–H and O–H groups in total. The van der Waals surface area contributed by atoms with E-state index in [2.05, 4.69) is 19.2 Å². The van der Waals surface area contributed by atoms with Gasteiger partial charge in [-0.1, -0.05) is 32.0 Å². The summed E-state index contributed by atoms with van der Waals surface area (Å²) < 4.78 is 5.25. The maximum absolute atomic E-state index is 12.1. The van der Waals surface area contributed by atoms with Crippen LogP contribution in [-0.4, -0.2) is 29.2 Å². The second kappa shape index (κ2) is 6.05. The van der Waals surface area contributed by atoms with E-state index in [0.717, 1.165) is 11.3 Å². The number of hydrogen-bond donors (Lipinski definition) is 2. The first-order chi connectivity index (χ1) is 9.49. The second-order valence-electron chi connectivity index (χ2n) is 5.26. The van der Waals surface area contributed by atoms with Gasteiger partial charge in [0.2, 0.25) is 0 Å². The number of aliphatic carboxylic acids is 1. The van der Waals surface area contributed by atoms with Crippen molar-refractivity contribution in [2.45, 2.75) is 44.8 Å². The Bertz CT molecular complexity index is 512. The number of benzene rings is 1. The van der Waals surface area contributed by atoms with Gasteiger partial charge in [-0.3, -0.25) is 4.79 Å². The highest BCUT2D eigenvalue weighted by molar-refractivity contribution is 5.95. The molecule has 0 spiro atoms. The molecule has 2 atom stereocenters. The molecule has 0 radical (unpaired) electrons. The van der Waals surface area contributed by atoms with E-state index in [4.69, 9.17) is 9.84 Å². The molecule has 108 valence electrons. The minimum absolute atomic E-state index is 0.276. The zero-order valence-corrected chi connectivity index (χ0v) is 11.6. The van der Waals surface area contributed by atoms with Crippen molar-refractivity contribution >= 4 is 17.6 Å². The van der Waals surface area contributed by atoms with E-state index in [1.165, 1.54) is 0 Å². The zero-order valence-electron chi connectivity index (χ0n) is 11.6. The molecule has 5 nitrogen and oxygen atoms in total. The third-order valence-electron chi connectivity index (χ3n) is 3.43. The minimum Gasteiger partial charge on any atom is -0.479 e. The van der Waals surface area contributed by atoms with Crippen LogP contribution in [0.2, 0.25) is 0 Å². The summed E-state index contributed by atoms with van der Waals surface area (Å²) in [4.78, 5) is 22.9. The Morgan fingerprint density at radius 1 is 1.25 bits per heavy atom. The standard InChI is InChI=1S/C15H19NO4/c1-9(2)10-5-3-4-6-11(10)16-14(17)12-7-8-13(20-12)15(18)19/h3-6,9,12-13H,7-8H2,1-2H3,(H,16,17)(H,18,19). The van der Waals surface area contributed by atoms with Crippen LogP contribution in [0.25, 0.3) is 0 Å². The number of para-hydroxylation sites is 1. The monoisotopic (exact) mass is 277 g/mol. The Kier molecular flexibility index (Phi) is 4.39. The predicted molar refractivity (Wildman–Crippen MR) is 74.7 cm³/mol. The van der Waals surface area contributed by atoms with Gasteiger partial charge >= 0.3 is 5.97 Å². The van der Waals surface area contributed by atoms with Crippen LogP contribution in [0.1, 0.15) is 38.2 Å². The molecule has 0 saturated carbocycles. The van der Waals surface area contributed by atoms with Crippen LogP contribution in [0.15, 0.2) is 24.3 Å². The quantitative estimate of drug-likeness (QED) is 0.886. The number of carbonyl (C=O) groups is 2. The predicted octanol–water partition coefficient (Wildman–Crippen LogP) is 2.38. The number of amides is 1. The lowest BCUT2D eigenvalue weighted by atomic mass is 10.0. The van der Waals surface area contributed by atoms with Crippen LogP contribution in [0.3, 0.4) is 0 Å². The molecule has 1 aromatic rings. The van der Waals surface area contributed by atoms with Gasteiger partial charge in [-0.05, 0) is 30.4 Å². The summed E-state index contributed by atoms with van der Waals surface area (Å²) >= 11 is 0. The molecule has 1 fully saturated rings. The molecule has 2 unspecified atom stereocenters. The summed E-state index contributed by atoms with van der Waals surface area (Å²) in [5.41, 5.74) is 1.81. The van der Waals surface area contributed by atoms with Crippen molar-refractivity contribution in [2.75, 3.05) is 5.32 Å². The fourth-order valence-electron chi connectivity index (χ4n) is 2.34. The van der Waals surface area contributed by atoms with E-state index in [9.17, 15) is 9.59 Å². The maximum atomic E-state index is 12.1. The Morgan fingerprint density at radius 2 is 1.90 bits per heavy atom. The van der Waals surface area contributed by atoms with Crippen molar-refractivity contribution in [1.29, 1.82) is 0 Å².